The molecule has 2 aromatic heterocycles. The molecule has 0 spiro atoms. The van der Waals surface area contributed by atoms with E-state index in [0.717, 1.165) is 27.9 Å². The summed E-state index contributed by atoms with van der Waals surface area (Å²) >= 11 is 2.27. The van der Waals surface area contributed by atoms with Crippen molar-refractivity contribution in [2.75, 3.05) is 0 Å². The van der Waals surface area contributed by atoms with Crippen LogP contribution in [0.5, 0.6) is 0 Å². The Morgan fingerprint density at radius 3 is 2.73 bits per heavy atom. The fourth-order valence-electron chi connectivity index (χ4n) is 2.75. The number of aromatic amines is 1. The van der Waals surface area contributed by atoms with Gasteiger partial charge in [-0.3, -0.25) is 0 Å². The number of allylic oxidation sites excluding steroid dienone is 1. The number of halogens is 1. The summed E-state index contributed by atoms with van der Waals surface area (Å²) in [6.45, 7) is 2.02. The fourth-order valence-corrected chi connectivity index (χ4v) is 3.11. The average Bonchev–Trinajstić information content (AvgIpc) is 3.26. The van der Waals surface area contributed by atoms with Crippen molar-refractivity contribution in [1.29, 1.82) is 5.26 Å². The van der Waals surface area contributed by atoms with Crippen molar-refractivity contribution in [2.45, 2.75) is 6.92 Å². The lowest BCUT2D eigenvalue weighted by Crippen LogP contribution is -1.84. The molecule has 4 nitrogen and oxygen atoms in total. The van der Waals surface area contributed by atoms with Crippen molar-refractivity contribution < 1.29 is 4.42 Å². The highest BCUT2D eigenvalue weighted by molar-refractivity contribution is 14.1. The van der Waals surface area contributed by atoms with Crippen LogP contribution in [0.15, 0.2) is 59.0 Å². The van der Waals surface area contributed by atoms with E-state index < -0.39 is 0 Å². The highest BCUT2D eigenvalue weighted by Gasteiger charge is 2.10. The molecule has 0 saturated heterocycles. The molecule has 0 amide bonds. The first-order chi connectivity index (χ1) is 12.6. The summed E-state index contributed by atoms with van der Waals surface area (Å²) < 4.78 is 7.06. The Bertz CT molecular complexity index is 1160. The quantitative estimate of drug-likeness (QED) is 0.316. The van der Waals surface area contributed by atoms with E-state index in [1.807, 2.05) is 61.5 Å². The molecule has 0 atom stereocenters. The molecule has 1 N–H and O–H groups in total. The number of aryl methyl sites for hydroxylation is 1. The standard InChI is InChI=1S/C21H14IN3O/c1-13-2-8-18-19(10-13)25-21(24-18)15(12-23)11-17-7-9-20(26-17)14-3-5-16(22)6-4-14/h2-11H,1H3,(H,24,25)/b15-11-. The number of hydrogen-bond donors (Lipinski definition) is 1. The Morgan fingerprint density at radius 1 is 1.15 bits per heavy atom. The van der Waals surface area contributed by atoms with E-state index in [1.165, 1.54) is 3.57 Å². The van der Waals surface area contributed by atoms with E-state index in [9.17, 15) is 5.26 Å². The zero-order chi connectivity index (χ0) is 18.1. The first-order valence-electron chi connectivity index (χ1n) is 8.07. The molecular weight excluding hydrogens is 437 g/mol. The molecule has 5 heteroatoms. The monoisotopic (exact) mass is 451 g/mol. The first kappa shape index (κ1) is 16.6. The second-order valence-electron chi connectivity index (χ2n) is 5.98. The van der Waals surface area contributed by atoms with Crippen molar-refractivity contribution in [2.24, 2.45) is 0 Å². The summed E-state index contributed by atoms with van der Waals surface area (Å²) in [4.78, 5) is 7.71. The van der Waals surface area contributed by atoms with Gasteiger partial charge in [-0.25, -0.2) is 4.98 Å². The number of benzene rings is 2. The molecule has 26 heavy (non-hydrogen) atoms. The number of hydrogen-bond acceptors (Lipinski definition) is 3. The lowest BCUT2D eigenvalue weighted by molar-refractivity contribution is 0.572. The van der Waals surface area contributed by atoms with Gasteiger partial charge in [0.2, 0.25) is 0 Å². The number of fused-ring (bicyclic) bond motifs is 1. The highest BCUT2D eigenvalue weighted by atomic mass is 127. The van der Waals surface area contributed by atoms with Gasteiger partial charge in [-0.2, -0.15) is 5.26 Å². The molecule has 4 aromatic rings. The van der Waals surface area contributed by atoms with E-state index in [0.29, 0.717) is 17.2 Å². The topological polar surface area (TPSA) is 65.6 Å². The second kappa shape index (κ2) is 6.81. The molecule has 2 heterocycles. The molecule has 0 saturated carbocycles. The molecule has 126 valence electrons. The Balaban J connectivity index is 1.69. The van der Waals surface area contributed by atoms with E-state index in [4.69, 9.17) is 4.42 Å². The summed E-state index contributed by atoms with van der Waals surface area (Å²) in [5, 5.41) is 9.55. The normalized spacial score (nSPS) is 11.7. The molecule has 0 unspecified atom stereocenters. The van der Waals surface area contributed by atoms with Crippen LogP contribution in [0.3, 0.4) is 0 Å². The van der Waals surface area contributed by atoms with Crippen LogP contribution in [0.4, 0.5) is 0 Å². The van der Waals surface area contributed by atoms with Crippen LogP contribution in [0.1, 0.15) is 17.1 Å². The number of H-pyrrole nitrogens is 1. The number of nitrogens with one attached hydrogen (secondary N) is 1. The Morgan fingerprint density at radius 2 is 1.96 bits per heavy atom. The summed E-state index contributed by atoms with van der Waals surface area (Å²) in [7, 11) is 0. The molecule has 4 rings (SSSR count). The largest absolute Gasteiger partial charge is 0.457 e. The summed E-state index contributed by atoms with van der Waals surface area (Å²) in [6.07, 6.45) is 1.71. The minimum atomic E-state index is 0.433. The van der Waals surface area contributed by atoms with Gasteiger partial charge in [-0.05, 0) is 71.5 Å². The molecule has 0 fully saturated rings. The minimum absolute atomic E-state index is 0.433. The second-order valence-corrected chi connectivity index (χ2v) is 7.23. The highest BCUT2D eigenvalue weighted by Crippen LogP contribution is 2.26. The van der Waals surface area contributed by atoms with Crippen LogP contribution in [0, 0.1) is 21.8 Å². The van der Waals surface area contributed by atoms with Crippen molar-refractivity contribution >= 4 is 45.3 Å². The van der Waals surface area contributed by atoms with E-state index >= 15 is 0 Å². The fraction of sp³-hybridized carbons (Fsp3) is 0.0476. The van der Waals surface area contributed by atoms with Gasteiger partial charge in [0.15, 0.2) is 0 Å². The molecule has 0 radical (unpaired) electrons. The van der Waals surface area contributed by atoms with Crippen LogP contribution < -0.4 is 0 Å². The number of rotatable bonds is 3. The van der Waals surface area contributed by atoms with E-state index in [-0.39, 0.29) is 0 Å². The molecule has 0 aliphatic heterocycles. The van der Waals surface area contributed by atoms with Crippen LogP contribution >= 0.6 is 22.6 Å². The van der Waals surface area contributed by atoms with Gasteiger partial charge in [0.05, 0.1) is 16.6 Å². The Hall–Kier alpha value is -2.85. The van der Waals surface area contributed by atoms with Crippen molar-refractivity contribution in [3.63, 3.8) is 0 Å². The first-order valence-corrected chi connectivity index (χ1v) is 9.14. The van der Waals surface area contributed by atoms with Gasteiger partial charge in [0, 0.05) is 15.2 Å². The molecular formula is C21H14IN3O. The summed E-state index contributed by atoms with van der Waals surface area (Å²) in [5.41, 5.74) is 4.33. The lowest BCUT2D eigenvalue weighted by Gasteiger charge is -1.97. The van der Waals surface area contributed by atoms with Crippen molar-refractivity contribution in [3.8, 4) is 17.4 Å². The van der Waals surface area contributed by atoms with Gasteiger partial charge in [-0.15, -0.1) is 0 Å². The van der Waals surface area contributed by atoms with Crippen molar-refractivity contribution in [1.82, 2.24) is 9.97 Å². The van der Waals surface area contributed by atoms with Crippen LogP contribution in [-0.4, -0.2) is 9.97 Å². The third kappa shape index (κ3) is 3.28. The lowest BCUT2D eigenvalue weighted by atomic mass is 10.2. The SMILES string of the molecule is Cc1ccc2nc(/C(C#N)=C\c3ccc(-c4ccc(I)cc4)o3)[nH]c2c1. The maximum atomic E-state index is 9.55. The number of nitriles is 1. The van der Waals surface area contributed by atoms with Gasteiger partial charge in [0.25, 0.3) is 0 Å². The summed E-state index contributed by atoms with van der Waals surface area (Å²) in [6, 6.07) is 20.0. The van der Waals surface area contributed by atoms with Gasteiger partial charge in [-0.1, -0.05) is 18.2 Å². The Labute approximate surface area is 164 Å². The number of imidazole rings is 1. The molecule has 0 bridgehead atoms. The van der Waals surface area contributed by atoms with Gasteiger partial charge < -0.3 is 9.40 Å². The maximum Gasteiger partial charge on any atom is 0.149 e. The zero-order valence-electron chi connectivity index (χ0n) is 14.0. The minimum Gasteiger partial charge on any atom is -0.457 e. The predicted molar refractivity (Wildman–Crippen MR) is 111 cm³/mol. The summed E-state index contributed by atoms with van der Waals surface area (Å²) in [5.74, 6) is 1.93. The average molecular weight is 451 g/mol. The third-order valence-electron chi connectivity index (χ3n) is 4.06. The van der Waals surface area contributed by atoms with Crippen LogP contribution in [0.25, 0.3) is 34.0 Å². The third-order valence-corrected chi connectivity index (χ3v) is 4.77. The van der Waals surface area contributed by atoms with Crippen LogP contribution in [0.2, 0.25) is 0 Å². The molecule has 0 aliphatic rings. The van der Waals surface area contributed by atoms with Gasteiger partial charge >= 0.3 is 0 Å². The number of aromatic nitrogens is 2. The van der Waals surface area contributed by atoms with E-state index in [2.05, 4.69) is 38.6 Å². The van der Waals surface area contributed by atoms with Crippen LogP contribution in [-0.2, 0) is 0 Å². The number of furan rings is 1. The molecule has 2 aromatic carbocycles. The van der Waals surface area contributed by atoms with Gasteiger partial charge in [0.1, 0.15) is 23.4 Å². The zero-order valence-corrected chi connectivity index (χ0v) is 16.1. The molecule has 0 aliphatic carbocycles. The Kier molecular flexibility index (Phi) is 4.35. The smallest absolute Gasteiger partial charge is 0.149 e. The van der Waals surface area contributed by atoms with Crippen molar-refractivity contribution in [3.05, 3.63) is 75.3 Å². The maximum absolute atomic E-state index is 9.55. The predicted octanol–water partition coefficient (Wildman–Crippen LogP) is 5.80. The van der Waals surface area contributed by atoms with E-state index in [1.54, 1.807) is 6.08 Å². The number of nitrogens with zero attached hydrogens (tertiary/aromatic N) is 2.